The molecule has 0 bridgehead atoms. The van der Waals surface area contributed by atoms with Gasteiger partial charge in [0.1, 0.15) is 0 Å². The van der Waals surface area contributed by atoms with Gasteiger partial charge in [0.25, 0.3) is 0 Å². The van der Waals surface area contributed by atoms with Crippen LogP contribution in [-0.4, -0.2) is 20.1 Å². The fourth-order valence-electron chi connectivity index (χ4n) is 1.35. The van der Waals surface area contributed by atoms with Crippen molar-refractivity contribution in [2.24, 2.45) is 0 Å². The van der Waals surface area contributed by atoms with Crippen LogP contribution >= 0.6 is 27.5 Å². The Morgan fingerprint density at radius 3 is 2.33 bits per heavy atom. The van der Waals surface area contributed by atoms with Crippen molar-refractivity contribution in [2.75, 3.05) is 20.1 Å². The number of aryl methyl sites for hydroxylation is 1. The predicted molar refractivity (Wildman–Crippen MR) is 66.3 cm³/mol. The number of rotatable bonds is 5. The van der Waals surface area contributed by atoms with E-state index in [9.17, 15) is 0 Å². The largest absolute Gasteiger partial charge is 0.493 e. The molecule has 84 valence electrons. The second-order valence-corrected chi connectivity index (χ2v) is 4.32. The van der Waals surface area contributed by atoms with Gasteiger partial charge in [-0.25, -0.2) is 0 Å². The molecule has 0 aliphatic heterocycles. The minimum Gasteiger partial charge on any atom is -0.493 e. The van der Waals surface area contributed by atoms with Crippen molar-refractivity contribution in [3.63, 3.8) is 0 Å². The molecule has 2 nitrogen and oxygen atoms in total. The summed E-state index contributed by atoms with van der Waals surface area (Å²) in [5, 5.41) is 0. The third-order valence-electron chi connectivity index (χ3n) is 2.13. The van der Waals surface area contributed by atoms with E-state index >= 15 is 0 Å². The summed E-state index contributed by atoms with van der Waals surface area (Å²) < 4.78 is 11.5. The standard InChI is InChI=1S/C11H14BrClO2/c1-14-10-6-8(4-3-5-13)9(12)7-11(10)15-2/h6-7H,3-5H2,1-2H3. The van der Waals surface area contributed by atoms with Gasteiger partial charge in [-0.05, 0) is 30.5 Å². The van der Waals surface area contributed by atoms with E-state index in [4.69, 9.17) is 21.1 Å². The van der Waals surface area contributed by atoms with Gasteiger partial charge in [-0.3, -0.25) is 0 Å². The van der Waals surface area contributed by atoms with Crippen LogP contribution in [-0.2, 0) is 6.42 Å². The number of hydrogen-bond donors (Lipinski definition) is 0. The molecule has 1 aromatic rings. The number of alkyl halides is 1. The lowest BCUT2D eigenvalue weighted by atomic mass is 10.1. The Bertz CT molecular complexity index is 329. The van der Waals surface area contributed by atoms with E-state index in [1.54, 1.807) is 14.2 Å². The van der Waals surface area contributed by atoms with E-state index < -0.39 is 0 Å². The first-order valence-electron chi connectivity index (χ1n) is 4.69. The second kappa shape index (κ2) is 6.23. The molecule has 0 heterocycles. The highest BCUT2D eigenvalue weighted by atomic mass is 79.9. The normalized spacial score (nSPS) is 10.1. The number of benzene rings is 1. The third-order valence-corrected chi connectivity index (χ3v) is 3.14. The predicted octanol–water partition coefficient (Wildman–Crippen LogP) is 3.64. The van der Waals surface area contributed by atoms with Crippen LogP contribution in [0.25, 0.3) is 0 Å². The lowest BCUT2D eigenvalue weighted by Crippen LogP contribution is -1.94. The molecule has 4 heteroatoms. The lowest BCUT2D eigenvalue weighted by molar-refractivity contribution is 0.354. The first kappa shape index (κ1) is 12.7. The highest BCUT2D eigenvalue weighted by molar-refractivity contribution is 9.10. The number of halogens is 2. The molecule has 1 aromatic carbocycles. The van der Waals surface area contributed by atoms with Crippen molar-refractivity contribution >= 4 is 27.5 Å². The minimum atomic E-state index is 0.667. The SMILES string of the molecule is COc1cc(Br)c(CCCCl)cc1OC. The van der Waals surface area contributed by atoms with Gasteiger partial charge < -0.3 is 9.47 Å². The monoisotopic (exact) mass is 292 g/mol. The Hall–Kier alpha value is -0.410. The molecule has 0 saturated heterocycles. The van der Waals surface area contributed by atoms with Crippen LogP contribution in [0.5, 0.6) is 11.5 Å². The molecule has 0 unspecified atom stereocenters. The summed E-state index contributed by atoms with van der Waals surface area (Å²) in [5.41, 5.74) is 1.19. The molecular formula is C11H14BrClO2. The van der Waals surface area contributed by atoms with Gasteiger partial charge in [0, 0.05) is 10.4 Å². The lowest BCUT2D eigenvalue weighted by Gasteiger charge is -2.11. The Balaban J connectivity index is 2.97. The fourth-order valence-corrected chi connectivity index (χ4v) is 2.00. The van der Waals surface area contributed by atoms with Gasteiger partial charge in [-0.2, -0.15) is 0 Å². The van der Waals surface area contributed by atoms with Gasteiger partial charge in [0.05, 0.1) is 14.2 Å². The number of hydrogen-bond acceptors (Lipinski definition) is 2. The third kappa shape index (κ3) is 3.28. The molecule has 0 saturated carbocycles. The molecule has 0 radical (unpaired) electrons. The smallest absolute Gasteiger partial charge is 0.161 e. The molecule has 0 aliphatic rings. The van der Waals surface area contributed by atoms with Crippen molar-refractivity contribution < 1.29 is 9.47 Å². The average Bonchev–Trinajstić information content (AvgIpc) is 2.27. The molecule has 0 spiro atoms. The zero-order valence-electron chi connectivity index (χ0n) is 8.85. The summed E-state index contributed by atoms with van der Waals surface area (Å²) in [5.74, 6) is 2.16. The van der Waals surface area contributed by atoms with Crippen LogP contribution in [0.1, 0.15) is 12.0 Å². The van der Waals surface area contributed by atoms with Crippen molar-refractivity contribution in [3.05, 3.63) is 22.2 Å². The molecular weight excluding hydrogens is 279 g/mol. The highest BCUT2D eigenvalue weighted by Gasteiger charge is 2.08. The van der Waals surface area contributed by atoms with Gasteiger partial charge in [-0.15, -0.1) is 11.6 Å². The van der Waals surface area contributed by atoms with Gasteiger partial charge >= 0.3 is 0 Å². The Labute approximate surface area is 104 Å². The zero-order chi connectivity index (χ0) is 11.3. The van der Waals surface area contributed by atoms with Gasteiger partial charge in [0.15, 0.2) is 11.5 Å². The maximum Gasteiger partial charge on any atom is 0.161 e. The Morgan fingerprint density at radius 2 is 1.80 bits per heavy atom. The van der Waals surface area contributed by atoms with Crippen molar-refractivity contribution in [1.82, 2.24) is 0 Å². The molecule has 0 aliphatic carbocycles. The van der Waals surface area contributed by atoms with Gasteiger partial charge in [-0.1, -0.05) is 15.9 Å². The molecule has 0 fully saturated rings. The van der Waals surface area contributed by atoms with E-state index in [1.807, 2.05) is 12.1 Å². The topological polar surface area (TPSA) is 18.5 Å². The maximum atomic E-state index is 5.66. The molecule has 0 amide bonds. The first-order chi connectivity index (χ1) is 7.22. The van der Waals surface area contributed by atoms with Crippen LogP contribution in [0.2, 0.25) is 0 Å². The summed E-state index contributed by atoms with van der Waals surface area (Å²) in [6, 6.07) is 3.90. The highest BCUT2D eigenvalue weighted by Crippen LogP contribution is 2.33. The summed E-state index contributed by atoms with van der Waals surface area (Å²) >= 11 is 9.17. The van der Waals surface area contributed by atoms with Crippen molar-refractivity contribution in [1.29, 1.82) is 0 Å². The van der Waals surface area contributed by atoms with Gasteiger partial charge in [0.2, 0.25) is 0 Å². The molecule has 0 N–H and O–H groups in total. The van der Waals surface area contributed by atoms with Crippen LogP contribution in [0.15, 0.2) is 16.6 Å². The number of methoxy groups -OCH3 is 2. The van der Waals surface area contributed by atoms with Crippen molar-refractivity contribution in [3.8, 4) is 11.5 Å². The first-order valence-corrected chi connectivity index (χ1v) is 6.02. The van der Waals surface area contributed by atoms with Crippen LogP contribution in [0.4, 0.5) is 0 Å². The summed E-state index contributed by atoms with van der Waals surface area (Å²) in [6.45, 7) is 0. The quantitative estimate of drug-likeness (QED) is 0.772. The molecule has 0 aromatic heterocycles. The fraction of sp³-hybridized carbons (Fsp3) is 0.455. The number of ether oxygens (including phenoxy) is 2. The molecule has 0 atom stereocenters. The van der Waals surface area contributed by atoms with E-state index in [1.165, 1.54) is 5.56 Å². The maximum absolute atomic E-state index is 5.66. The zero-order valence-corrected chi connectivity index (χ0v) is 11.2. The van der Waals surface area contributed by atoms with E-state index in [2.05, 4.69) is 15.9 Å². The summed E-state index contributed by atoms with van der Waals surface area (Å²) in [4.78, 5) is 0. The van der Waals surface area contributed by atoms with E-state index in [-0.39, 0.29) is 0 Å². The van der Waals surface area contributed by atoms with E-state index in [0.29, 0.717) is 5.88 Å². The minimum absolute atomic E-state index is 0.667. The van der Waals surface area contributed by atoms with Crippen LogP contribution in [0, 0.1) is 0 Å². The average molecular weight is 294 g/mol. The van der Waals surface area contributed by atoms with Crippen LogP contribution < -0.4 is 9.47 Å². The van der Waals surface area contributed by atoms with Crippen LogP contribution in [0.3, 0.4) is 0 Å². The van der Waals surface area contributed by atoms with Crippen molar-refractivity contribution in [2.45, 2.75) is 12.8 Å². The van der Waals surface area contributed by atoms with E-state index in [0.717, 1.165) is 28.8 Å². The Morgan fingerprint density at radius 1 is 1.20 bits per heavy atom. The Kier molecular flexibility index (Phi) is 5.26. The molecule has 15 heavy (non-hydrogen) atoms. The summed E-state index contributed by atoms with van der Waals surface area (Å²) in [7, 11) is 3.26. The second-order valence-electron chi connectivity index (χ2n) is 3.09. The summed E-state index contributed by atoms with van der Waals surface area (Å²) in [6.07, 6.45) is 1.89. The molecule has 1 rings (SSSR count).